The molecule has 0 amide bonds. The predicted octanol–water partition coefficient (Wildman–Crippen LogP) is 2.00. The molecule has 88 valence electrons. The number of rotatable bonds is 4. The van der Waals surface area contributed by atoms with Crippen molar-refractivity contribution in [2.75, 3.05) is 38.1 Å². The summed E-state index contributed by atoms with van der Waals surface area (Å²) in [6, 6.07) is 4.13. The Bertz CT molecular complexity index is 293. The largest absolute Gasteiger partial charge is 0.373 e. The molecule has 0 atom stereocenters. The average molecular weight is 219 g/mol. The molecule has 0 aromatic carbocycles. The van der Waals surface area contributed by atoms with Crippen molar-refractivity contribution in [2.24, 2.45) is 0 Å². The Labute approximate surface area is 98.1 Å². The number of hydrogen-bond donors (Lipinski definition) is 0. The number of likely N-dealkylation sites (tertiary alicyclic amines) is 1. The summed E-state index contributed by atoms with van der Waals surface area (Å²) >= 11 is 0. The molecule has 1 aromatic heterocycles. The summed E-state index contributed by atoms with van der Waals surface area (Å²) in [5.74, 6) is 0. The first kappa shape index (κ1) is 11.4. The number of piperidine rings is 1. The molecule has 0 radical (unpaired) electrons. The molecular weight excluding hydrogens is 198 g/mol. The van der Waals surface area contributed by atoms with Crippen molar-refractivity contribution < 1.29 is 0 Å². The summed E-state index contributed by atoms with van der Waals surface area (Å²) in [7, 11) is 2.15. The highest BCUT2D eigenvalue weighted by atomic mass is 15.2. The van der Waals surface area contributed by atoms with Crippen molar-refractivity contribution in [3.63, 3.8) is 0 Å². The standard InChI is InChI=1S/C13H21N3/c1-15(13-5-7-14-8-6-13)11-12-16-9-3-2-4-10-16/h5-8H,2-4,9-12H2,1H3. The highest BCUT2D eigenvalue weighted by Gasteiger charge is 2.10. The molecular formula is C13H21N3. The summed E-state index contributed by atoms with van der Waals surface area (Å²) in [5, 5.41) is 0. The molecule has 2 heterocycles. The molecule has 1 saturated heterocycles. The molecule has 0 unspecified atom stereocenters. The first-order valence-electron chi connectivity index (χ1n) is 6.20. The van der Waals surface area contributed by atoms with Crippen molar-refractivity contribution in [2.45, 2.75) is 19.3 Å². The van der Waals surface area contributed by atoms with Crippen LogP contribution in [0.25, 0.3) is 0 Å². The maximum absolute atomic E-state index is 4.04. The third-order valence-electron chi connectivity index (χ3n) is 3.30. The second-order valence-electron chi connectivity index (χ2n) is 4.53. The van der Waals surface area contributed by atoms with Gasteiger partial charge in [-0.05, 0) is 38.1 Å². The van der Waals surface area contributed by atoms with Crippen LogP contribution in [0, 0.1) is 0 Å². The van der Waals surface area contributed by atoms with Gasteiger partial charge in [0.15, 0.2) is 0 Å². The van der Waals surface area contributed by atoms with E-state index in [1.807, 2.05) is 12.4 Å². The highest BCUT2D eigenvalue weighted by molar-refractivity contribution is 5.43. The zero-order valence-electron chi connectivity index (χ0n) is 10.1. The van der Waals surface area contributed by atoms with E-state index in [1.54, 1.807) is 0 Å². The second kappa shape index (κ2) is 5.85. The van der Waals surface area contributed by atoms with Crippen molar-refractivity contribution >= 4 is 5.69 Å². The molecule has 0 saturated carbocycles. The lowest BCUT2D eigenvalue weighted by atomic mass is 10.1. The van der Waals surface area contributed by atoms with Gasteiger partial charge in [0, 0.05) is 38.2 Å². The van der Waals surface area contributed by atoms with Gasteiger partial charge in [0.05, 0.1) is 0 Å². The monoisotopic (exact) mass is 219 g/mol. The van der Waals surface area contributed by atoms with Crippen LogP contribution < -0.4 is 4.90 Å². The van der Waals surface area contributed by atoms with Crippen molar-refractivity contribution in [1.29, 1.82) is 0 Å². The van der Waals surface area contributed by atoms with Gasteiger partial charge in [-0.25, -0.2) is 0 Å². The fourth-order valence-electron chi connectivity index (χ4n) is 2.20. The third kappa shape index (κ3) is 3.20. The van der Waals surface area contributed by atoms with E-state index in [0.717, 1.165) is 6.54 Å². The second-order valence-corrected chi connectivity index (χ2v) is 4.53. The first-order valence-corrected chi connectivity index (χ1v) is 6.20. The van der Waals surface area contributed by atoms with Crippen LogP contribution in [0.1, 0.15) is 19.3 Å². The Hall–Kier alpha value is -1.09. The van der Waals surface area contributed by atoms with Crippen molar-refractivity contribution in [3.8, 4) is 0 Å². The van der Waals surface area contributed by atoms with Gasteiger partial charge in [0.2, 0.25) is 0 Å². The summed E-state index contributed by atoms with van der Waals surface area (Å²) < 4.78 is 0. The molecule has 1 aromatic rings. The van der Waals surface area contributed by atoms with Crippen LogP contribution in [0.15, 0.2) is 24.5 Å². The van der Waals surface area contributed by atoms with E-state index in [-0.39, 0.29) is 0 Å². The first-order chi connectivity index (χ1) is 7.86. The van der Waals surface area contributed by atoms with E-state index < -0.39 is 0 Å². The Morgan fingerprint density at radius 3 is 2.56 bits per heavy atom. The van der Waals surface area contributed by atoms with Crippen LogP contribution in [0.2, 0.25) is 0 Å². The molecule has 3 heteroatoms. The van der Waals surface area contributed by atoms with Gasteiger partial charge in [-0.1, -0.05) is 6.42 Å². The zero-order chi connectivity index (χ0) is 11.2. The van der Waals surface area contributed by atoms with Crippen LogP contribution in [-0.2, 0) is 0 Å². The van der Waals surface area contributed by atoms with E-state index >= 15 is 0 Å². The molecule has 1 aliphatic heterocycles. The minimum absolute atomic E-state index is 1.10. The molecule has 1 fully saturated rings. The predicted molar refractivity (Wildman–Crippen MR) is 67.8 cm³/mol. The fraction of sp³-hybridized carbons (Fsp3) is 0.615. The number of likely N-dealkylation sites (N-methyl/N-ethyl adjacent to an activating group) is 1. The number of anilines is 1. The molecule has 16 heavy (non-hydrogen) atoms. The highest BCUT2D eigenvalue weighted by Crippen LogP contribution is 2.11. The lowest BCUT2D eigenvalue weighted by Gasteiger charge is -2.29. The van der Waals surface area contributed by atoms with Crippen molar-refractivity contribution in [3.05, 3.63) is 24.5 Å². The SMILES string of the molecule is CN(CCN1CCCCC1)c1ccncc1. The minimum atomic E-state index is 1.10. The summed E-state index contributed by atoms with van der Waals surface area (Å²) in [6.45, 7) is 4.84. The van der Waals surface area contributed by atoms with Crippen LogP contribution in [0.3, 0.4) is 0 Å². The lowest BCUT2D eigenvalue weighted by Crippen LogP contribution is -2.36. The topological polar surface area (TPSA) is 19.4 Å². The smallest absolute Gasteiger partial charge is 0.0394 e. The van der Waals surface area contributed by atoms with E-state index in [0.29, 0.717) is 0 Å². The fourth-order valence-corrected chi connectivity index (χ4v) is 2.20. The molecule has 3 nitrogen and oxygen atoms in total. The van der Waals surface area contributed by atoms with E-state index in [9.17, 15) is 0 Å². The normalized spacial score (nSPS) is 17.3. The number of hydrogen-bond acceptors (Lipinski definition) is 3. The summed E-state index contributed by atoms with van der Waals surface area (Å²) in [6.07, 6.45) is 7.87. The zero-order valence-corrected chi connectivity index (χ0v) is 10.1. The Morgan fingerprint density at radius 1 is 1.19 bits per heavy atom. The van der Waals surface area contributed by atoms with E-state index in [4.69, 9.17) is 0 Å². The molecule has 2 rings (SSSR count). The van der Waals surface area contributed by atoms with Crippen LogP contribution >= 0.6 is 0 Å². The summed E-state index contributed by atoms with van der Waals surface area (Å²) in [5.41, 5.74) is 1.26. The number of nitrogens with zero attached hydrogens (tertiary/aromatic N) is 3. The molecule has 0 N–H and O–H groups in total. The Kier molecular flexibility index (Phi) is 4.17. The minimum Gasteiger partial charge on any atom is -0.373 e. The van der Waals surface area contributed by atoms with Gasteiger partial charge in [-0.15, -0.1) is 0 Å². The van der Waals surface area contributed by atoms with Gasteiger partial charge in [0.1, 0.15) is 0 Å². The van der Waals surface area contributed by atoms with Gasteiger partial charge in [0.25, 0.3) is 0 Å². The average Bonchev–Trinajstić information content (AvgIpc) is 2.38. The van der Waals surface area contributed by atoms with Crippen molar-refractivity contribution in [1.82, 2.24) is 9.88 Å². The van der Waals surface area contributed by atoms with Gasteiger partial charge >= 0.3 is 0 Å². The van der Waals surface area contributed by atoms with Crippen LogP contribution in [0.5, 0.6) is 0 Å². The molecule has 0 bridgehead atoms. The maximum Gasteiger partial charge on any atom is 0.0394 e. The van der Waals surface area contributed by atoms with Gasteiger partial charge in [-0.3, -0.25) is 4.98 Å². The van der Waals surface area contributed by atoms with Gasteiger partial charge < -0.3 is 9.80 Å². The van der Waals surface area contributed by atoms with E-state index in [1.165, 1.54) is 44.6 Å². The quantitative estimate of drug-likeness (QED) is 0.772. The Morgan fingerprint density at radius 2 is 1.88 bits per heavy atom. The Balaban J connectivity index is 1.77. The summed E-state index contributed by atoms with van der Waals surface area (Å²) in [4.78, 5) is 8.91. The van der Waals surface area contributed by atoms with Gasteiger partial charge in [-0.2, -0.15) is 0 Å². The molecule has 0 aliphatic carbocycles. The third-order valence-corrected chi connectivity index (χ3v) is 3.30. The number of pyridine rings is 1. The molecule has 0 spiro atoms. The van der Waals surface area contributed by atoms with E-state index in [2.05, 4.69) is 34.0 Å². The molecule has 1 aliphatic rings. The van der Waals surface area contributed by atoms with Crippen LogP contribution in [-0.4, -0.2) is 43.1 Å². The number of aromatic nitrogens is 1. The lowest BCUT2D eigenvalue weighted by molar-refractivity contribution is 0.234. The maximum atomic E-state index is 4.04. The van der Waals surface area contributed by atoms with Crippen LogP contribution in [0.4, 0.5) is 5.69 Å².